The first-order valence-corrected chi connectivity index (χ1v) is 8.93. The van der Waals surface area contributed by atoms with Gasteiger partial charge < -0.3 is 14.7 Å². The highest BCUT2D eigenvalue weighted by molar-refractivity contribution is 5.95. The van der Waals surface area contributed by atoms with Crippen LogP contribution in [0.4, 0.5) is 5.69 Å². The van der Waals surface area contributed by atoms with Crippen molar-refractivity contribution >= 4 is 17.5 Å². The molecule has 26 heavy (non-hydrogen) atoms. The summed E-state index contributed by atoms with van der Waals surface area (Å²) in [6.45, 7) is 2.33. The van der Waals surface area contributed by atoms with Gasteiger partial charge in [0.25, 0.3) is 5.91 Å². The fourth-order valence-electron chi connectivity index (χ4n) is 3.14. The summed E-state index contributed by atoms with van der Waals surface area (Å²) in [6.07, 6.45) is 0.416. The van der Waals surface area contributed by atoms with Crippen molar-refractivity contribution in [3.05, 3.63) is 65.7 Å². The predicted octanol–water partition coefficient (Wildman–Crippen LogP) is 2.28. The second-order valence-electron chi connectivity index (χ2n) is 6.78. The van der Waals surface area contributed by atoms with Gasteiger partial charge in [-0.3, -0.25) is 9.59 Å². The zero-order valence-electron chi connectivity index (χ0n) is 15.4. The van der Waals surface area contributed by atoms with Gasteiger partial charge in [-0.15, -0.1) is 0 Å². The molecule has 2 amide bonds. The highest BCUT2D eigenvalue weighted by Gasteiger charge is 2.25. The Morgan fingerprint density at radius 3 is 2.19 bits per heavy atom. The molecule has 2 aromatic rings. The maximum absolute atomic E-state index is 12.7. The Morgan fingerprint density at radius 2 is 1.54 bits per heavy atom. The van der Waals surface area contributed by atoms with Crippen LogP contribution in [0, 0.1) is 0 Å². The van der Waals surface area contributed by atoms with Crippen LogP contribution in [0.3, 0.4) is 0 Å². The molecule has 1 heterocycles. The van der Waals surface area contributed by atoms with Crippen molar-refractivity contribution in [2.45, 2.75) is 6.42 Å². The van der Waals surface area contributed by atoms with E-state index in [0.717, 1.165) is 11.3 Å². The van der Waals surface area contributed by atoms with Gasteiger partial charge in [-0.2, -0.15) is 0 Å². The summed E-state index contributed by atoms with van der Waals surface area (Å²) < 4.78 is 0. The fourth-order valence-corrected chi connectivity index (χ4v) is 3.14. The quantitative estimate of drug-likeness (QED) is 0.849. The molecule has 0 unspecified atom stereocenters. The summed E-state index contributed by atoms with van der Waals surface area (Å²) in [5, 5.41) is 0. The molecule has 1 saturated heterocycles. The summed E-state index contributed by atoms with van der Waals surface area (Å²) in [5.74, 6) is 0.154. The second-order valence-corrected chi connectivity index (χ2v) is 6.78. The SMILES string of the molecule is CN(C)c1cccc(C(=O)N2CCN(C(=O)Cc3ccccc3)CC2)c1. The molecule has 0 aliphatic carbocycles. The Labute approximate surface area is 154 Å². The molecule has 0 bridgehead atoms. The first kappa shape index (κ1) is 18.0. The van der Waals surface area contributed by atoms with Crippen LogP contribution < -0.4 is 4.90 Å². The lowest BCUT2D eigenvalue weighted by Gasteiger charge is -2.35. The number of piperazine rings is 1. The Kier molecular flexibility index (Phi) is 5.56. The average Bonchev–Trinajstić information content (AvgIpc) is 2.68. The number of carbonyl (C=O) groups excluding carboxylic acids is 2. The highest BCUT2D eigenvalue weighted by atomic mass is 16.2. The molecule has 136 valence electrons. The van der Waals surface area contributed by atoms with Crippen LogP contribution in [0.25, 0.3) is 0 Å². The number of hydrogen-bond acceptors (Lipinski definition) is 3. The van der Waals surface area contributed by atoms with E-state index in [4.69, 9.17) is 0 Å². The maximum atomic E-state index is 12.7. The van der Waals surface area contributed by atoms with Gasteiger partial charge >= 0.3 is 0 Å². The van der Waals surface area contributed by atoms with E-state index < -0.39 is 0 Å². The summed E-state index contributed by atoms with van der Waals surface area (Å²) in [7, 11) is 3.92. The molecular formula is C21H25N3O2. The molecule has 5 nitrogen and oxygen atoms in total. The van der Waals surface area contributed by atoms with Gasteiger partial charge in [0.2, 0.25) is 5.91 Å². The molecule has 0 aromatic heterocycles. The third kappa shape index (κ3) is 4.23. The monoisotopic (exact) mass is 351 g/mol. The van der Waals surface area contributed by atoms with Gasteiger partial charge in [-0.1, -0.05) is 36.4 Å². The molecule has 0 atom stereocenters. The molecule has 3 rings (SSSR count). The minimum absolute atomic E-state index is 0.0314. The fraction of sp³-hybridized carbons (Fsp3) is 0.333. The van der Waals surface area contributed by atoms with Crippen LogP contribution in [0.15, 0.2) is 54.6 Å². The molecule has 5 heteroatoms. The van der Waals surface area contributed by atoms with Crippen molar-refractivity contribution in [3.8, 4) is 0 Å². The zero-order chi connectivity index (χ0) is 18.5. The van der Waals surface area contributed by atoms with E-state index in [-0.39, 0.29) is 11.8 Å². The summed E-state index contributed by atoms with van der Waals surface area (Å²) in [5.41, 5.74) is 2.73. The van der Waals surface area contributed by atoms with Crippen LogP contribution in [-0.4, -0.2) is 61.9 Å². The normalized spacial score (nSPS) is 14.2. The number of anilines is 1. The largest absolute Gasteiger partial charge is 0.378 e. The van der Waals surface area contributed by atoms with Crippen molar-refractivity contribution in [3.63, 3.8) is 0 Å². The minimum Gasteiger partial charge on any atom is -0.378 e. The van der Waals surface area contributed by atoms with Crippen molar-refractivity contribution in [1.29, 1.82) is 0 Å². The van der Waals surface area contributed by atoms with Gasteiger partial charge in [0, 0.05) is 51.5 Å². The van der Waals surface area contributed by atoms with Crippen LogP contribution in [0.2, 0.25) is 0 Å². The van der Waals surface area contributed by atoms with Gasteiger partial charge in [-0.25, -0.2) is 0 Å². The summed E-state index contributed by atoms with van der Waals surface area (Å²) in [4.78, 5) is 30.9. The molecule has 1 aliphatic rings. The van der Waals surface area contributed by atoms with Crippen molar-refractivity contribution in [2.24, 2.45) is 0 Å². The third-order valence-corrected chi connectivity index (χ3v) is 4.73. The van der Waals surface area contributed by atoms with E-state index in [9.17, 15) is 9.59 Å². The van der Waals surface area contributed by atoms with Crippen molar-refractivity contribution < 1.29 is 9.59 Å². The van der Waals surface area contributed by atoms with Crippen molar-refractivity contribution in [2.75, 3.05) is 45.2 Å². The number of rotatable bonds is 4. The van der Waals surface area contributed by atoms with E-state index in [0.29, 0.717) is 38.2 Å². The molecule has 0 N–H and O–H groups in total. The van der Waals surface area contributed by atoms with Crippen LogP contribution in [-0.2, 0) is 11.2 Å². The van der Waals surface area contributed by atoms with Crippen LogP contribution in [0.1, 0.15) is 15.9 Å². The summed E-state index contributed by atoms with van der Waals surface area (Å²) >= 11 is 0. The molecule has 1 fully saturated rings. The van der Waals surface area contributed by atoms with Crippen LogP contribution in [0.5, 0.6) is 0 Å². The molecule has 2 aromatic carbocycles. The topological polar surface area (TPSA) is 43.9 Å². The van der Waals surface area contributed by atoms with Gasteiger partial charge in [0.1, 0.15) is 0 Å². The lowest BCUT2D eigenvalue weighted by molar-refractivity contribution is -0.131. The zero-order valence-corrected chi connectivity index (χ0v) is 15.4. The number of carbonyl (C=O) groups is 2. The number of hydrogen-bond donors (Lipinski definition) is 0. The Balaban J connectivity index is 1.57. The Hall–Kier alpha value is -2.82. The third-order valence-electron chi connectivity index (χ3n) is 4.73. The highest BCUT2D eigenvalue weighted by Crippen LogP contribution is 2.16. The lowest BCUT2D eigenvalue weighted by Crippen LogP contribution is -2.51. The minimum atomic E-state index is 0.0314. The van der Waals surface area contributed by atoms with E-state index in [2.05, 4.69) is 0 Å². The number of amides is 2. The van der Waals surface area contributed by atoms with E-state index >= 15 is 0 Å². The first-order chi connectivity index (χ1) is 12.5. The van der Waals surface area contributed by atoms with E-state index in [1.54, 1.807) is 0 Å². The molecule has 0 radical (unpaired) electrons. The first-order valence-electron chi connectivity index (χ1n) is 8.93. The summed E-state index contributed by atoms with van der Waals surface area (Å²) in [6, 6.07) is 17.4. The Bertz CT molecular complexity index is 766. The molecular weight excluding hydrogens is 326 g/mol. The maximum Gasteiger partial charge on any atom is 0.254 e. The van der Waals surface area contributed by atoms with Crippen molar-refractivity contribution in [1.82, 2.24) is 9.80 Å². The smallest absolute Gasteiger partial charge is 0.254 e. The standard InChI is InChI=1S/C21H25N3O2/c1-22(2)19-10-6-9-18(16-19)21(26)24-13-11-23(12-14-24)20(25)15-17-7-4-3-5-8-17/h3-10,16H,11-15H2,1-2H3. The Morgan fingerprint density at radius 1 is 0.885 bits per heavy atom. The van der Waals surface area contributed by atoms with E-state index in [1.807, 2.05) is 83.4 Å². The molecule has 0 saturated carbocycles. The van der Waals surface area contributed by atoms with Crippen LogP contribution >= 0.6 is 0 Å². The average molecular weight is 351 g/mol. The predicted molar refractivity (Wildman–Crippen MR) is 103 cm³/mol. The van der Waals surface area contributed by atoms with E-state index in [1.165, 1.54) is 0 Å². The van der Waals surface area contributed by atoms with Gasteiger partial charge in [0.05, 0.1) is 6.42 Å². The molecule has 0 spiro atoms. The lowest BCUT2D eigenvalue weighted by atomic mass is 10.1. The van der Waals surface area contributed by atoms with Gasteiger partial charge in [0.15, 0.2) is 0 Å². The number of nitrogens with zero attached hydrogens (tertiary/aromatic N) is 3. The molecule has 1 aliphatic heterocycles. The second kappa shape index (κ2) is 8.04. The number of benzene rings is 2. The van der Waals surface area contributed by atoms with Gasteiger partial charge in [-0.05, 0) is 23.8 Å².